The van der Waals surface area contributed by atoms with Gasteiger partial charge in [-0.15, -0.1) is 0 Å². The van der Waals surface area contributed by atoms with Gasteiger partial charge in [-0.05, 0) is 35.4 Å². The highest BCUT2D eigenvalue weighted by atomic mass is 19.2. The molecule has 0 aliphatic heterocycles. The maximum absolute atomic E-state index is 13.1. The summed E-state index contributed by atoms with van der Waals surface area (Å²) < 4.78 is 36.7. The zero-order chi connectivity index (χ0) is 14.5. The molecule has 2 N–H and O–H groups in total. The summed E-state index contributed by atoms with van der Waals surface area (Å²) in [5.41, 5.74) is 7.00. The highest BCUT2D eigenvalue weighted by molar-refractivity contribution is 5.43. The van der Waals surface area contributed by atoms with Crippen LogP contribution in [-0.2, 0) is 13.2 Å². The van der Waals surface area contributed by atoms with E-state index in [1.54, 1.807) is 12.1 Å². The van der Waals surface area contributed by atoms with Crippen LogP contribution < -0.4 is 15.2 Å². The SMILES string of the molecule is COc1cc(CN)ccc1OCc1ccc(F)c(F)c1. The van der Waals surface area contributed by atoms with E-state index in [4.69, 9.17) is 15.2 Å². The van der Waals surface area contributed by atoms with Crippen molar-refractivity contribution < 1.29 is 18.3 Å². The largest absolute Gasteiger partial charge is 0.493 e. The summed E-state index contributed by atoms with van der Waals surface area (Å²) in [7, 11) is 1.53. The Bertz CT molecular complexity index is 602. The molecule has 0 heterocycles. The van der Waals surface area contributed by atoms with E-state index in [9.17, 15) is 8.78 Å². The van der Waals surface area contributed by atoms with Crippen LogP contribution >= 0.6 is 0 Å². The van der Waals surface area contributed by atoms with Crippen LogP contribution in [0.25, 0.3) is 0 Å². The number of methoxy groups -OCH3 is 1. The van der Waals surface area contributed by atoms with Gasteiger partial charge in [0.1, 0.15) is 6.61 Å². The van der Waals surface area contributed by atoms with E-state index >= 15 is 0 Å². The lowest BCUT2D eigenvalue weighted by atomic mass is 10.2. The minimum atomic E-state index is -0.892. The molecular formula is C15H15F2NO2. The molecule has 0 spiro atoms. The molecule has 3 nitrogen and oxygen atoms in total. The van der Waals surface area contributed by atoms with Crippen LogP contribution in [0.15, 0.2) is 36.4 Å². The predicted octanol–water partition coefficient (Wildman–Crippen LogP) is 3.01. The van der Waals surface area contributed by atoms with Crippen molar-refractivity contribution in [3.8, 4) is 11.5 Å². The second-order valence-electron chi connectivity index (χ2n) is 4.23. The second kappa shape index (κ2) is 6.34. The lowest BCUT2D eigenvalue weighted by Gasteiger charge is -2.12. The Kier molecular flexibility index (Phi) is 4.53. The summed E-state index contributed by atoms with van der Waals surface area (Å²) in [6.45, 7) is 0.523. The molecule has 0 radical (unpaired) electrons. The van der Waals surface area contributed by atoms with Crippen molar-refractivity contribution in [3.05, 3.63) is 59.2 Å². The smallest absolute Gasteiger partial charge is 0.161 e. The normalized spacial score (nSPS) is 10.4. The zero-order valence-corrected chi connectivity index (χ0v) is 11.0. The highest BCUT2D eigenvalue weighted by Crippen LogP contribution is 2.28. The van der Waals surface area contributed by atoms with Crippen LogP contribution in [0.5, 0.6) is 11.5 Å². The Morgan fingerprint density at radius 2 is 1.70 bits per heavy atom. The van der Waals surface area contributed by atoms with Crippen molar-refractivity contribution >= 4 is 0 Å². The Balaban J connectivity index is 2.12. The van der Waals surface area contributed by atoms with Crippen LogP contribution in [0.4, 0.5) is 8.78 Å². The summed E-state index contributed by atoms with van der Waals surface area (Å²) in [5, 5.41) is 0. The third-order valence-electron chi connectivity index (χ3n) is 2.84. The van der Waals surface area contributed by atoms with Gasteiger partial charge in [-0.25, -0.2) is 8.78 Å². The van der Waals surface area contributed by atoms with Crippen LogP contribution in [-0.4, -0.2) is 7.11 Å². The van der Waals surface area contributed by atoms with E-state index in [2.05, 4.69) is 0 Å². The second-order valence-corrected chi connectivity index (χ2v) is 4.23. The molecule has 20 heavy (non-hydrogen) atoms. The molecule has 0 aliphatic rings. The molecule has 0 aliphatic carbocycles. The Morgan fingerprint density at radius 3 is 2.35 bits per heavy atom. The summed E-state index contributed by atoms with van der Waals surface area (Å²) in [6.07, 6.45) is 0. The molecular weight excluding hydrogens is 264 g/mol. The van der Waals surface area contributed by atoms with Gasteiger partial charge in [0.05, 0.1) is 7.11 Å². The quantitative estimate of drug-likeness (QED) is 0.915. The standard InChI is InChI=1S/C15H15F2NO2/c1-19-15-7-10(8-18)3-5-14(15)20-9-11-2-4-12(16)13(17)6-11/h2-7H,8-9,18H2,1H3. The first-order valence-electron chi connectivity index (χ1n) is 6.07. The van der Waals surface area contributed by atoms with Crippen LogP contribution in [0, 0.1) is 11.6 Å². The fourth-order valence-electron chi connectivity index (χ4n) is 1.75. The van der Waals surface area contributed by atoms with E-state index in [-0.39, 0.29) is 6.61 Å². The molecule has 0 saturated heterocycles. The fraction of sp³-hybridized carbons (Fsp3) is 0.200. The first kappa shape index (κ1) is 14.3. The number of nitrogens with two attached hydrogens (primary N) is 1. The monoisotopic (exact) mass is 279 g/mol. The third-order valence-corrected chi connectivity index (χ3v) is 2.84. The zero-order valence-electron chi connectivity index (χ0n) is 11.0. The van der Waals surface area contributed by atoms with Gasteiger partial charge < -0.3 is 15.2 Å². The molecule has 0 fully saturated rings. The number of ether oxygens (including phenoxy) is 2. The van der Waals surface area contributed by atoms with Gasteiger partial charge >= 0.3 is 0 Å². The molecule has 106 valence electrons. The van der Waals surface area contributed by atoms with Crippen molar-refractivity contribution in [1.82, 2.24) is 0 Å². The van der Waals surface area contributed by atoms with Gasteiger partial charge in [-0.3, -0.25) is 0 Å². The van der Waals surface area contributed by atoms with E-state index in [1.807, 2.05) is 6.07 Å². The third kappa shape index (κ3) is 3.24. The maximum atomic E-state index is 13.1. The lowest BCUT2D eigenvalue weighted by Crippen LogP contribution is -2.01. The van der Waals surface area contributed by atoms with Crippen molar-refractivity contribution in [2.75, 3.05) is 7.11 Å². The van der Waals surface area contributed by atoms with E-state index in [0.717, 1.165) is 17.7 Å². The van der Waals surface area contributed by atoms with Crippen LogP contribution in [0.2, 0.25) is 0 Å². The highest BCUT2D eigenvalue weighted by Gasteiger charge is 2.07. The fourth-order valence-corrected chi connectivity index (χ4v) is 1.75. The summed E-state index contributed by atoms with van der Waals surface area (Å²) in [6, 6.07) is 8.99. The van der Waals surface area contributed by atoms with E-state index < -0.39 is 11.6 Å². The molecule has 0 aromatic heterocycles. The first-order valence-corrected chi connectivity index (χ1v) is 6.07. The predicted molar refractivity (Wildman–Crippen MR) is 71.6 cm³/mol. The number of rotatable bonds is 5. The minimum Gasteiger partial charge on any atom is -0.493 e. The molecule has 0 atom stereocenters. The number of benzene rings is 2. The summed E-state index contributed by atoms with van der Waals surface area (Å²) in [4.78, 5) is 0. The van der Waals surface area contributed by atoms with Gasteiger partial charge in [0.15, 0.2) is 23.1 Å². The van der Waals surface area contributed by atoms with Gasteiger partial charge in [-0.1, -0.05) is 12.1 Å². The van der Waals surface area contributed by atoms with E-state index in [0.29, 0.717) is 23.6 Å². The topological polar surface area (TPSA) is 44.5 Å². The Hall–Kier alpha value is -2.14. The van der Waals surface area contributed by atoms with E-state index in [1.165, 1.54) is 13.2 Å². The van der Waals surface area contributed by atoms with Gasteiger partial charge in [0, 0.05) is 6.54 Å². The molecule has 0 unspecified atom stereocenters. The molecule has 0 bridgehead atoms. The molecule has 0 saturated carbocycles. The number of halogens is 2. The lowest BCUT2D eigenvalue weighted by molar-refractivity contribution is 0.283. The minimum absolute atomic E-state index is 0.121. The number of hydrogen-bond donors (Lipinski definition) is 1. The molecule has 0 amide bonds. The van der Waals surface area contributed by atoms with Crippen molar-refractivity contribution in [2.45, 2.75) is 13.2 Å². The van der Waals surface area contributed by atoms with Crippen LogP contribution in [0.1, 0.15) is 11.1 Å². The van der Waals surface area contributed by atoms with Crippen molar-refractivity contribution in [1.29, 1.82) is 0 Å². The van der Waals surface area contributed by atoms with Crippen molar-refractivity contribution in [2.24, 2.45) is 5.73 Å². The average Bonchev–Trinajstić information content (AvgIpc) is 2.48. The summed E-state index contributed by atoms with van der Waals surface area (Å²) in [5.74, 6) is -0.694. The first-order chi connectivity index (χ1) is 9.63. The van der Waals surface area contributed by atoms with Gasteiger partial charge in [-0.2, -0.15) is 0 Å². The summed E-state index contributed by atoms with van der Waals surface area (Å²) >= 11 is 0. The molecule has 2 aromatic carbocycles. The molecule has 5 heteroatoms. The number of hydrogen-bond acceptors (Lipinski definition) is 3. The Morgan fingerprint density at radius 1 is 0.950 bits per heavy atom. The van der Waals surface area contributed by atoms with Crippen molar-refractivity contribution in [3.63, 3.8) is 0 Å². The average molecular weight is 279 g/mol. The molecule has 2 aromatic rings. The van der Waals surface area contributed by atoms with Gasteiger partial charge in [0.2, 0.25) is 0 Å². The molecule has 2 rings (SSSR count). The van der Waals surface area contributed by atoms with Gasteiger partial charge in [0.25, 0.3) is 0 Å². The Labute approximate surface area is 115 Å². The maximum Gasteiger partial charge on any atom is 0.161 e. The van der Waals surface area contributed by atoms with Crippen LogP contribution in [0.3, 0.4) is 0 Å².